The molecule has 0 radical (unpaired) electrons. The summed E-state index contributed by atoms with van der Waals surface area (Å²) in [5.74, 6) is 0.176. The van der Waals surface area contributed by atoms with Crippen molar-refractivity contribution in [3.05, 3.63) is 34.4 Å². The van der Waals surface area contributed by atoms with Crippen LogP contribution in [-0.4, -0.2) is 37.2 Å². The number of amides is 1. The van der Waals surface area contributed by atoms with Gasteiger partial charge in [-0.1, -0.05) is 0 Å². The van der Waals surface area contributed by atoms with Gasteiger partial charge in [0.15, 0.2) is 6.10 Å². The van der Waals surface area contributed by atoms with Gasteiger partial charge in [0.05, 0.1) is 4.92 Å². The molecule has 1 aromatic carbocycles. The fourth-order valence-corrected chi connectivity index (χ4v) is 1.48. The zero-order valence-electron chi connectivity index (χ0n) is 11.5. The zero-order valence-corrected chi connectivity index (χ0v) is 11.5. The molecule has 1 amide bonds. The normalized spacial score (nSPS) is 11.7. The first-order valence-electron chi connectivity index (χ1n) is 6.22. The van der Waals surface area contributed by atoms with Crippen LogP contribution in [0.5, 0.6) is 5.75 Å². The SMILES string of the molecule is COCCCNC(=O)C(C)Oc1ccc([N+](=O)[O-])cc1. The molecular formula is C13H18N2O5. The van der Waals surface area contributed by atoms with Gasteiger partial charge >= 0.3 is 0 Å². The molecule has 1 atom stereocenters. The van der Waals surface area contributed by atoms with Crippen LogP contribution in [0.4, 0.5) is 5.69 Å². The largest absolute Gasteiger partial charge is 0.481 e. The number of methoxy groups -OCH3 is 1. The summed E-state index contributed by atoms with van der Waals surface area (Å²) in [5.41, 5.74) is -0.0194. The molecule has 0 aliphatic heterocycles. The minimum absolute atomic E-state index is 0.0194. The number of nitrogens with one attached hydrogen (secondary N) is 1. The minimum Gasteiger partial charge on any atom is -0.481 e. The van der Waals surface area contributed by atoms with Gasteiger partial charge in [-0.15, -0.1) is 0 Å². The molecule has 0 heterocycles. The van der Waals surface area contributed by atoms with E-state index >= 15 is 0 Å². The molecule has 7 heteroatoms. The maximum absolute atomic E-state index is 11.7. The Morgan fingerprint density at radius 3 is 2.60 bits per heavy atom. The van der Waals surface area contributed by atoms with Crippen LogP contribution in [-0.2, 0) is 9.53 Å². The second-order valence-electron chi connectivity index (χ2n) is 4.15. The Morgan fingerprint density at radius 1 is 1.40 bits per heavy atom. The van der Waals surface area contributed by atoms with Crippen molar-refractivity contribution < 1.29 is 19.2 Å². The molecule has 0 saturated carbocycles. The van der Waals surface area contributed by atoms with E-state index in [-0.39, 0.29) is 11.6 Å². The van der Waals surface area contributed by atoms with Gasteiger partial charge in [-0.2, -0.15) is 0 Å². The van der Waals surface area contributed by atoms with Gasteiger partial charge in [0.2, 0.25) is 0 Å². The molecule has 1 N–H and O–H groups in total. The fraction of sp³-hybridized carbons (Fsp3) is 0.462. The van der Waals surface area contributed by atoms with Crippen molar-refractivity contribution in [2.45, 2.75) is 19.4 Å². The number of ether oxygens (including phenoxy) is 2. The summed E-state index contributed by atoms with van der Waals surface area (Å²) in [6.07, 6.45) is 0.0611. The highest BCUT2D eigenvalue weighted by molar-refractivity contribution is 5.80. The van der Waals surface area contributed by atoms with Gasteiger partial charge in [0.1, 0.15) is 5.75 Å². The van der Waals surface area contributed by atoms with Crippen LogP contribution in [0.2, 0.25) is 0 Å². The molecule has 0 bridgehead atoms. The van der Waals surface area contributed by atoms with Crippen LogP contribution < -0.4 is 10.1 Å². The second-order valence-corrected chi connectivity index (χ2v) is 4.15. The van der Waals surface area contributed by atoms with E-state index in [0.717, 1.165) is 6.42 Å². The minimum atomic E-state index is -0.668. The second kappa shape index (κ2) is 8.11. The predicted octanol–water partition coefficient (Wildman–Crippen LogP) is 1.51. The first-order chi connectivity index (χ1) is 9.54. The Bertz CT molecular complexity index is 447. The molecule has 1 unspecified atom stereocenters. The highest BCUT2D eigenvalue weighted by atomic mass is 16.6. The third-order valence-electron chi connectivity index (χ3n) is 2.55. The smallest absolute Gasteiger partial charge is 0.269 e. The number of carbonyl (C=O) groups is 1. The molecule has 0 saturated heterocycles. The standard InChI is InChI=1S/C13H18N2O5/c1-10(13(16)14-8-3-9-19-2)20-12-6-4-11(5-7-12)15(17)18/h4-7,10H,3,8-9H2,1-2H3,(H,14,16). The quantitative estimate of drug-likeness (QED) is 0.443. The Morgan fingerprint density at radius 2 is 2.05 bits per heavy atom. The number of rotatable bonds is 8. The van der Waals surface area contributed by atoms with Gasteiger partial charge in [-0.25, -0.2) is 0 Å². The Hall–Kier alpha value is -2.15. The number of hydrogen-bond acceptors (Lipinski definition) is 5. The molecule has 7 nitrogen and oxygen atoms in total. The molecule has 0 spiro atoms. The van der Waals surface area contributed by atoms with E-state index in [1.54, 1.807) is 14.0 Å². The van der Waals surface area contributed by atoms with Crippen molar-refractivity contribution in [3.63, 3.8) is 0 Å². The Balaban J connectivity index is 2.42. The maximum atomic E-state index is 11.7. The van der Waals surface area contributed by atoms with Crippen molar-refractivity contribution in [2.24, 2.45) is 0 Å². The van der Waals surface area contributed by atoms with Crippen molar-refractivity contribution in [1.82, 2.24) is 5.32 Å². The number of nitrogens with zero attached hydrogens (tertiary/aromatic N) is 1. The molecule has 0 aliphatic carbocycles. The lowest BCUT2D eigenvalue weighted by molar-refractivity contribution is -0.384. The highest BCUT2D eigenvalue weighted by Gasteiger charge is 2.14. The van der Waals surface area contributed by atoms with Crippen LogP contribution in [0.25, 0.3) is 0 Å². The number of nitro groups is 1. The molecule has 1 aromatic rings. The number of hydrogen-bond donors (Lipinski definition) is 1. The van der Waals surface area contributed by atoms with Crippen LogP contribution in [0, 0.1) is 10.1 Å². The summed E-state index contributed by atoms with van der Waals surface area (Å²) >= 11 is 0. The van der Waals surface area contributed by atoms with Crippen LogP contribution in [0.1, 0.15) is 13.3 Å². The van der Waals surface area contributed by atoms with E-state index in [2.05, 4.69) is 5.32 Å². The van der Waals surface area contributed by atoms with Gasteiger partial charge in [0, 0.05) is 32.4 Å². The summed E-state index contributed by atoms with van der Waals surface area (Å²) in [4.78, 5) is 21.7. The number of non-ortho nitro benzene ring substituents is 1. The van der Waals surface area contributed by atoms with Crippen molar-refractivity contribution in [2.75, 3.05) is 20.3 Å². The first-order valence-corrected chi connectivity index (χ1v) is 6.22. The van der Waals surface area contributed by atoms with Crippen LogP contribution in [0.3, 0.4) is 0 Å². The summed E-state index contributed by atoms with van der Waals surface area (Å²) in [5, 5.41) is 13.2. The number of benzene rings is 1. The lowest BCUT2D eigenvalue weighted by atomic mass is 10.3. The van der Waals surface area contributed by atoms with E-state index in [1.807, 2.05) is 0 Å². The fourth-order valence-electron chi connectivity index (χ4n) is 1.48. The maximum Gasteiger partial charge on any atom is 0.269 e. The highest BCUT2D eigenvalue weighted by Crippen LogP contribution is 2.18. The molecule has 0 aromatic heterocycles. The van der Waals surface area contributed by atoms with E-state index in [0.29, 0.717) is 18.9 Å². The molecule has 0 aliphatic rings. The average molecular weight is 282 g/mol. The molecule has 110 valence electrons. The van der Waals surface area contributed by atoms with E-state index in [4.69, 9.17) is 9.47 Å². The third kappa shape index (κ3) is 5.23. The van der Waals surface area contributed by atoms with Crippen molar-refractivity contribution >= 4 is 11.6 Å². The Labute approximate surface area is 117 Å². The molecule has 20 heavy (non-hydrogen) atoms. The Kier molecular flexibility index (Phi) is 6.45. The average Bonchev–Trinajstić information content (AvgIpc) is 2.44. The van der Waals surface area contributed by atoms with Crippen molar-refractivity contribution in [1.29, 1.82) is 0 Å². The van der Waals surface area contributed by atoms with Gasteiger partial charge in [-0.05, 0) is 25.5 Å². The van der Waals surface area contributed by atoms with Crippen molar-refractivity contribution in [3.8, 4) is 5.75 Å². The third-order valence-corrected chi connectivity index (χ3v) is 2.55. The van der Waals surface area contributed by atoms with Gasteiger partial charge < -0.3 is 14.8 Å². The van der Waals surface area contributed by atoms with Gasteiger partial charge in [-0.3, -0.25) is 14.9 Å². The molecule has 0 fully saturated rings. The zero-order chi connectivity index (χ0) is 15.0. The van der Waals surface area contributed by atoms with E-state index < -0.39 is 11.0 Å². The van der Waals surface area contributed by atoms with E-state index in [9.17, 15) is 14.9 Å². The van der Waals surface area contributed by atoms with Crippen LogP contribution >= 0.6 is 0 Å². The topological polar surface area (TPSA) is 90.7 Å². The lowest BCUT2D eigenvalue weighted by Gasteiger charge is -2.14. The number of nitro benzene ring substituents is 1. The number of carbonyl (C=O) groups excluding carboxylic acids is 1. The summed E-state index contributed by atoms with van der Waals surface area (Å²) in [7, 11) is 1.60. The predicted molar refractivity (Wildman–Crippen MR) is 72.7 cm³/mol. The molecule has 1 rings (SSSR count). The van der Waals surface area contributed by atoms with E-state index in [1.165, 1.54) is 24.3 Å². The monoisotopic (exact) mass is 282 g/mol. The van der Waals surface area contributed by atoms with Gasteiger partial charge in [0.25, 0.3) is 11.6 Å². The summed E-state index contributed by atoms with van der Waals surface area (Å²) in [6, 6.07) is 5.59. The summed E-state index contributed by atoms with van der Waals surface area (Å²) in [6.45, 7) is 2.71. The summed E-state index contributed by atoms with van der Waals surface area (Å²) < 4.78 is 10.3. The molecular weight excluding hydrogens is 264 g/mol. The lowest BCUT2D eigenvalue weighted by Crippen LogP contribution is -2.37. The van der Waals surface area contributed by atoms with Crippen LogP contribution in [0.15, 0.2) is 24.3 Å². The first kappa shape index (κ1) is 15.9.